The van der Waals surface area contributed by atoms with E-state index in [2.05, 4.69) is 16.0 Å². The smallest absolute Gasteiger partial charge is 0.251 e. The van der Waals surface area contributed by atoms with E-state index in [0.717, 1.165) is 11.1 Å². The fourth-order valence-corrected chi connectivity index (χ4v) is 3.34. The largest absolute Gasteiger partial charge is 0.345 e. The summed E-state index contributed by atoms with van der Waals surface area (Å²) < 4.78 is 0. The minimum atomic E-state index is -0.879. The van der Waals surface area contributed by atoms with Crippen molar-refractivity contribution in [1.29, 1.82) is 0 Å². The monoisotopic (exact) mass is 465 g/mol. The molecule has 2 rings (SSSR count). The van der Waals surface area contributed by atoms with Crippen LogP contribution in [0.3, 0.4) is 0 Å². The van der Waals surface area contributed by atoms with Crippen LogP contribution >= 0.6 is 0 Å². The van der Waals surface area contributed by atoms with Gasteiger partial charge >= 0.3 is 0 Å². The Balaban J connectivity index is 2.09. The Morgan fingerprint density at radius 2 is 1.32 bits per heavy atom. The molecule has 0 aliphatic heterocycles. The van der Waals surface area contributed by atoms with Gasteiger partial charge in [0.1, 0.15) is 18.4 Å². The van der Waals surface area contributed by atoms with Crippen molar-refractivity contribution in [3.8, 4) is 11.1 Å². The van der Waals surface area contributed by atoms with Crippen molar-refractivity contribution in [2.45, 2.75) is 59.7 Å². The van der Waals surface area contributed by atoms with Crippen molar-refractivity contribution < 1.29 is 19.2 Å². The Hall–Kier alpha value is -3.48. The lowest BCUT2D eigenvalue weighted by Gasteiger charge is -2.31. The van der Waals surface area contributed by atoms with Gasteiger partial charge in [-0.25, -0.2) is 0 Å². The molecule has 0 saturated heterocycles. The van der Waals surface area contributed by atoms with Gasteiger partial charge in [-0.3, -0.25) is 14.4 Å². The fourth-order valence-electron chi connectivity index (χ4n) is 3.34. The van der Waals surface area contributed by atoms with Crippen LogP contribution in [0.25, 0.3) is 11.1 Å². The maximum atomic E-state index is 13.0. The predicted octanol–water partition coefficient (Wildman–Crippen LogP) is 3.34. The third-order valence-corrected chi connectivity index (χ3v) is 5.58. The van der Waals surface area contributed by atoms with E-state index in [1.807, 2.05) is 77.1 Å². The summed E-state index contributed by atoms with van der Waals surface area (Å²) >= 11 is 0. The van der Waals surface area contributed by atoms with Crippen molar-refractivity contribution >= 4 is 24.0 Å². The second-order valence-electron chi connectivity index (χ2n) is 9.86. The van der Waals surface area contributed by atoms with Crippen molar-refractivity contribution in [2.75, 3.05) is 0 Å². The normalized spacial score (nSPS) is 14.0. The third kappa shape index (κ3) is 7.27. The maximum Gasteiger partial charge on any atom is 0.251 e. The standard InChI is InChI=1S/C27H35N3O4/c1-17(2)22(16-31)29-24(32)18(3)28-26(34)23(27(4,5)6)30-25(33)21-14-12-20(13-15-21)19-10-8-7-9-11-19/h7-18,22-23H,1-6H3,(H,28,34)(H,29,32)(H,30,33)/t18-,22+,23+/m0/s1. The molecular formula is C27H35N3O4. The fraction of sp³-hybridized carbons (Fsp3) is 0.407. The van der Waals surface area contributed by atoms with E-state index in [1.54, 1.807) is 19.1 Å². The lowest BCUT2D eigenvalue weighted by molar-refractivity contribution is -0.131. The first-order valence-electron chi connectivity index (χ1n) is 11.5. The molecule has 0 bridgehead atoms. The SMILES string of the molecule is CC(C)[C@@H](C=O)NC(=O)[C@H](C)NC(=O)[C@@H](NC(=O)c1ccc(-c2ccccc2)cc1)C(C)(C)C. The van der Waals surface area contributed by atoms with E-state index < -0.39 is 35.4 Å². The summed E-state index contributed by atoms with van der Waals surface area (Å²) in [7, 11) is 0. The lowest BCUT2D eigenvalue weighted by Crippen LogP contribution is -2.58. The summed E-state index contributed by atoms with van der Waals surface area (Å²) in [6, 6.07) is 14.6. The highest BCUT2D eigenvalue weighted by Gasteiger charge is 2.34. The second kappa shape index (κ2) is 11.6. The van der Waals surface area contributed by atoms with Gasteiger partial charge in [0, 0.05) is 5.56 Å². The molecule has 0 aromatic heterocycles. The molecule has 0 unspecified atom stereocenters. The highest BCUT2D eigenvalue weighted by atomic mass is 16.2. The molecule has 0 fully saturated rings. The number of amides is 3. The Morgan fingerprint density at radius 1 is 0.765 bits per heavy atom. The molecule has 3 N–H and O–H groups in total. The van der Waals surface area contributed by atoms with Crippen molar-refractivity contribution in [3.63, 3.8) is 0 Å². The van der Waals surface area contributed by atoms with Crippen LogP contribution in [0.1, 0.15) is 51.9 Å². The minimum absolute atomic E-state index is 0.0701. The van der Waals surface area contributed by atoms with Crippen LogP contribution < -0.4 is 16.0 Å². The molecule has 0 aliphatic carbocycles. The van der Waals surface area contributed by atoms with E-state index in [4.69, 9.17) is 0 Å². The molecule has 0 aliphatic rings. The number of carbonyl (C=O) groups is 4. The van der Waals surface area contributed by atoms with E-state index in [-0.39, 0.29) is 11.8 Å². The highest BCUT2D eigenvalue weighted by molar-refractivity contribution is 5.99. The maximum absolute atomic E-state index is 13.0. The van der Waals surface area contributed by atoms with Crippen LogP contribution in [0, 0.1) is 11.3 Å². The van der Waals surface area contributed by atoms with E-state index in [0.29, 0.717) is 11.8 Å². The molecule has 7 heteroatoms. The van der Waals surface area contributed by atoms with E-state index >= 15 is 0 Å². The zero-order chi connectivity index (χ0) is 25.5. The molecule has 2 aromatic carbocycles. The van der Waals surface area contributed by atoms with Crippen LogP contribution in [0.2, 0.25) is 0 Å². The second-order valence-corrected chi connectivity index (χ2v) is 9.86. The molecule has 7 nitrogen and oxygen atoms in total. The molecule has 3 atom stereocenters. The summed E-state index contributed by atoms with van der Waals surface area (Å²) in [5.74, 6) is -1.39. The Kier molecular flexibility index (Phi) is 9.12. The summed E-state index contributed by atoms with van der Waals surface area (Å²) in [6.07, 6.45) is 0.679. The van der Waals surface area contributed by atoms with Gasteiger partial charge in [-0.15, -0.1) is 0 Å². The van der Waals surface area contributed by atoms with Gasteiger partial charge < -0.3 is 20.7 Å². The number of carbonyl (C=O) groups excluding carboxylic acids is 4. The highest BCUT2D eigenvalue weighted by Crippen LogP contribution is 2.22. The average Bonchev–Trinajstić information content (AvgIpc) is 2.80. The first kappa shape index (κ1) is 26.8. The summed E-state index contributed by atoms with van der Waals surface area (Å²) in [5.41, 5.74) is 1.85. The quantitative estimate of drug-likeness (QED) is 0.494. The van der Waals surface area contributed by atoms with Crippen LogP contribution in [0.15, 0.2) is 54.6 Å². The Morgan fingerprint density at radius 3 is 1.82 bits per heavy atom. The lowest BCUT2D eigenvalue weighted by atomic mass is 9.85. The minimum Gasteiger partial charge on any atom is -0.345 e. The van der Waals surface area contributed by atoms with Gasteiger partial charge in [0.2, 0.25) is 11.8 Å². The molecule has 3 amide bonds. The molecule has 2 aromatic rings. The van der Waals surface area contributed by atoms with Gasteiger partial charge in [-0.05, 0) is 41.5 Å². The molecule has 0 radical (unpaired) electrons. The molecule has 0 spiro atoms. The predicted molar refractivity (Wildman–Crippen MR) is 133 cm³/mol. The average molecular weight is 466 g/mol. The van der Waals surface area contributed by atoms with Gasteiger partial charge in [0.05, 0.1) is 6.04 Å². The first-order chi connectivity index (χ1) is 15.9. The molecule has 0 saturated carbocycles. The van der Waals surface area contributed by atoms with Gasteiger partial charge in [0.15, 0.2) is 0 Å². The molecular weight excluding hydrogens is 430 g/mol. The molecule has 182 valence electrons. The van der Waals surface area contributed by atoms with Crippen LogP contribution in [-0.4, -0.2) is 42.1 Å². The molecule has 0 heterocycles. The Bertz CT molecular complexity index is 995. The van der Waals surface area contributed by atoms with Crippen molar-refractivity contribution in [2.24, 2.45) is 11.3 Å². The van der Waals surface area contributed by atoms with Crippen LogP contribution in [0.5, 0.6) is 0 Å². The van der Waals surface area contributed by atoms with Gasteiger partial charge in [-0.1, -0.05) is 77.1 Å². The summed E-state index contributed by atoms with van der Waals surface area (Å²) in [5, 5.41) is 8.09. The van der Waals surface area contributed by atoms with E-state index in [9.17, 15) is 19.2 Å². The van der Waals surface area contributed by atoms with Gasteiger partial charge in [-0.2, -0.15) is 0 Å². The van der Waals surface area contributed by atoms with Crippen LogP contribution in [-0.2, 0) is 14.4 Å². The topological polar surface area (TPSA) is 104 Å². The third-order valence-electron chi connectivity index (χ3n) is 5.58. The van der Waals surface area contributed by atoms with E-state index in [1.165, 1.54) is 0 Å². The number of hydrogen-bond acceptors (Lipinski definition) is 4. The summed E-state index contributed by atoms with van der Waals surface area (Å²) in [6.45, 7) is 10.7. The number of aldehydes is 1. The number of hydrogen-bond donors (Lipinski definition) is 3. The number of nitrogens with one attached hydrogen (secondary N) is 3. The number of benzene rings is 2. The van der Waals surface area contributed by atoms with Gasteiger partial charge in [0.25, 0.3) is 5.91 Å². The number of rotatable bonds is 9. The summed E-state index contributed by atoms with van der Waals surface area (Å²) in [4.78, 5) is 49.6. The first-order valence-corrected chi connectivity index (χ1v) is 11.5. The van der Waals surface area contributed by atoms with Crippen molar-refractivity contribution in [3.05, 3.63) is 60.2 Å². The Labute approximate surface area is 201 Å². The zero-order valence-electron chi connectivity index (χ0n) is 20.7. The zero-order valence-corrected chi connectivity index (χ0v) is 20.7. The molecule has 34 heavy (non-hydrogen) atoms. The van der Waals surface area contributed by atoms with Crippen LogP contribution in [0.4, 0.5) is 0 Å². The van der Waals surface area contributed by atoms with Crippen molar-refractivity contribution in [1.82, 2.24) is 16.0 Å².